The molecule has 0 aromatic carbocycles. The zero-order chi connectivity index (χ0) is 35.7. The van der Waals surface area contributed by atoms with Gasteiger partial charge in [0, 0.05) is 21.1 Å². The number of hydrogen-bond donors (Lipinski definition) is 6. The van der Waals surface area contributed by atoms with E-state index in [0.717, 1.165) is 0 Å². The Kier molecular flexibility index (Phi) is 18.4. The largest absolute Gasteiger partial charge is 0.331 e. The van der Waals surface area contributed by atoms with Gasteiger partial charge in [0.25, 0.3) is 0 Å². The quantitative estimate of drug-likeness (QED) is 0.133. The van der Waals surface area contributed by atoms with Crippen molar-refractivity contribution >= 4 is 28.9 Å². The van der Waals surface area contributed by atoms with Crippen LogP contribution in [0.15, 0.2) is 87.8 Å². The molecule has 276 valence electrons. The van der Waals surface area contributed by atoms with Crippen molar-refractivity contribution < 1.29 is 21.1 Å². The predicted octanol–water partition coefficient (Wildman–Crippen LogP) is 3.83. The molecule has 0 aromatic rings. The van der Waals surface area contributed by atoms with Gasteiger partial charge >= 0.3 is 0 Å². The fourth-order valence-electron chi connectivity index (χ4n) is 8.01. The molecule has 10 aliphatic heterocycles. The van der Waals surface area contributed by atoms with Gasteiger partial charge in [-0.05, 0) is 64.9 Å². The molecule has 10 saturated heterocycles. The van der Waals surface area contributed by atoms with Crippen LogP contribution in [0.5, 0.6) is 0 Å². The first-order valence-electron chi connectivity index (χ1n) is 17.3. The van der Waals surface area contributed by atoms with Crippen molar-refractivity contribution in [3.8, 4) is 0 Å². The third kappa shape index (κ3) is 7.71. The molecule has 0 aromatic heterocycles. The van der Waals surface area contributed by atoms with Crippen LogP contribution in [0.2, 0.25) is 0 Å². The Morgan fingerprint density at radius 1 is 0.429 bits per heavy atom. The van der Waals surface area contributed by atoms with Gasteiger partial charge in [0.05, 0.1) is 37.0 Å². The van der Waals surface area contributed by atoms with E-state index in [1.54, 1.807) is 6.08 Å². The van der Waals surface area contributed by atoms with Crippen LogP contribution in [0.1, 0.15) is 55.4 Å². The number of piperazine rings is 2. The topological polar surface area (TPSA) is 91.6 Å². The van der Waals surface area contributed by atoms with E-state index in [-0.39, 0.29) is 58.1 Å². The second-order valence-electron chi connectivity index (χ2n) is 11.4. The van der Waals surface area contributed by atoms with Gasteiger partial charge in [-0.15, -0.1) is 6.58 Å². The minimum absolute atomic E-state index is 0. The van der Waals surface area contributed by atoms with Crippen molar-refractivity contribution in [2.24, 2.45) is 0 Å². The molecule has 7 unspecified atom stereocenters. The van der Waals surface area contributed by atoms with E-state index in [9.17, 15) is 0 Å². The van der Waals surface area contributed by atoms with E-state index >= 15 is 0 Å². The van der Waals surface area contributed by atoms with E-state index < -0.39 is 0 Å². The molecule has 15 heteroatoms. The summed E-state index contributed by atoms with van der Waals surface area (Å²) in [6, 6.07) is 0. The molecule has 6 N–H and O–H groups in total. The zero-order valence-electron chi connectivity index (χ0n) is 30.6. The average molecular weight is 981 g/mol. The Labute approximate surface area is 326 Å². The fourth-order valence-corrected chi connectivity index (χ4v) is 8.01. The van der Waals surface area contributed by atoms with Crippen molar-refractivity contribution in [1.29, 1.82) is 0 Å². The first-order chi connectivity index (χ1) is 23.5. The van der Waals surface area contributed by atoms with Gasteiger partial charge in [-0.25, -0.2) is 0 Å². The first kappa shape index (κ1) is 43.8. The number of allylic oxidation sites excluding steroid dienone is 4. The van der Waals surface area contributed by atoms with Crippen molar-refractivity contribution in [1.82, 2.24) is 61.3 Å². The molecule has 0 saturated carbocycles. The summed E-state index contributed by atoms with van der Waals surface area (Å²) in [5.74, 6) is 0. The maximum absolute atomic E-state index is 4.16. The van der Waals surface area contributed by atoms with Crippen LogP contribution in [-0.4, -0.2) is 103 Å². The standard InChI is InChI=1S/C21H30N6.C6H12N6.C3H6.2C2H6.H2IP.W/c1-7-13-25-18-19-24(12-6)17-21(26(19)14-8-2)27(15-9-3)20(25)16(22(17)10-4)23(18)11-5;7-1-2-8-5(7)6-9-3(11-1)4(10-6)12-2;1-3-2;3*1-2;/h7-21H,4-6H2,1-3H3;1-12H;3H,1H2,2H3;2*1-2H3;2H2;/b13-7?,14-8?,15-9-;;;;;;. The maximum atomic E-state index is 4.16. The third-order valence-corrected chi connectivity index (χ3v) is 9.22. The number of nitrogens with zero attached hydrogens (tertiary/aromatic N) is 6. The molecule has 0 spiro atoms. The van der Waals surface area contributed by atoms with Crippen LogP contribution in [0.3, 0.4) is 0 Å². The summed E-state index contributed by atoms with van der Waals surface area (Å²) < 4.78 is 0. The van der Waals surface area contributed by atoms with Gasteiger partial charge in [0.1, 0.15) is 37.0 Å². The Bertz CT molecular complexity index is 1070. The molecule has 7 atom stereocenters. The molecular formula is C34H62IN12PW. The van der Waals surface area contributed by atoms with Gasteiger partial charge in [0.2, 0.25) is 0 Å². The molecule has 0 aliphatic carbocycles. The molecule has 10 fully saturated rings. The van der Waals surface area contributed by atoms with E-state index in [4.69, 9.17) is 0 Å². The van der Waals surface area contributed by atoms with Crippen LogP contribution in [0, 0.1) is 0 Å². The third-order valence-electron chi connectivity index (χ3n) is 9.22. The van der Waals surface area contributed by atoms with E-state index in [1.807, 2.05) is 53.2 Å². The second kappa shape index (κ2) is 20.6. The van der Waals surface area contributed by atoms with Crippen LogP contribution in [0.4, 0.5) is 0 Å². The van der Waals surface area contributed by atoms with Gasteiger partial charge in [-0.1, -0.05) is 101 Å². The summed E-state index contributed by atoms with van der Waals surface area (Å²) in [6.45, 7) is 34.3. The Morgan fingerprint density at radius 2 is 0.592 bits per heavy atom. The smallest absolute Gasteiger partial charge is 0.144 e. The molecule has 0 radical (unpaired) electrons. The van der Waals surface area contributed by atoms with Crippen LogP contribution in [0.25, 0.3) is 0 Å². The van der Waals surface area contributed by atoms with Crippen molar-refractivity contribution in [2.75, 3.05) is 0 Å². The van der Waals surface area contributed by atoms with Crippen molar-refractivity contribution in [3.05, 3.63) is 87.8 Å². The molecular weight excluding hydrogens is 918 g/mol. The summed E-state index contributed by atoms with van der Waals surface area (Å²) in [5, 5.41) is 20.8. The molecule has 10 aliphatic rings. The van der Waals surface area contributed by atoms with Crippen molar-refractivity contribution in [3.63, 3.8) is 0 Å². The van der Waals surface area contributed by atoms with Crippen LogP contribution < -0.4 is 31.9 Å². The minimum atomic E-state index is 0. The summed E-state index contributed by atoms with van der Waals surface area (Å²) in [4.78, 5) is 14.5. The summed E-state index contributed by atoms with van der Waals surface area (Å²) in [7, 11) is 0. The molecule has 10 rings (SSSR count). The number of hydrogen-bond acceptors (Lipinski definition) is 12. The Balaban J connectivity index is 0.000000313. The van der Waals surface area contributed by atoms with Crippen LogP contribution >= 0.6 is 28.9 Å². The summed E-state index contributed by atoms with van der Waals surface area (Å²) >= 11 is 2.07. The van der Waals surface area contributed by atoms with Crippen LogP contribution in [-0.2, 0) is 21.1 Å². The molecule has 0 amide bonds. The molecule has 12 nitrogen and oxygen atoms in total. The average Bonchev–Trinajstić information content (AvgIpc) is 3.80. The van der Waals surface area contributed by atoms with E-state index in [0.29, 0.717) is 37.0 Å². The number of nitrogens with one attached hydrogen (secondary N) is 6. The van der Waals surface area contributed by atoms with Crippen molar-refractivity contribution in [2.45, 2.75) is 129 Å². The summed E-state index contributed by atoms with van der Waals surface area (Å²) in [5.41, 5.74) is 0. The SMILES string of the molecule is C=CC.C=CN1C2C3N(C=CC)C(C4N(C=C)C1C(N4C=CC)N3/C=C\C)N2C=C.CC.CC.N1C2NC3NC4NC3NC2NC14.PI.[W]. The molecule has 12 bridgehead atoms. The minimum Gasteiger partial charge on any atom is -0.331 e. The van der Waals surface area contributed by atoms with Gasteiger partial charge in [0.15, 0.2) is 0 Å². The Morgan fingerprint density at radius 3 is 0.755 bits per heavy atom. The maximum Gasteiger partial charge on any atom is 0.144 e. The monoisotopic (exact) mass is 980 g/mol. The fraction of sp³-hybridized carbons (Fsp3) is 0.588. The normalized spacial score (nSPS) is 37.2. The second-order valence-corrected chi connectivity index (χ2v) is 11.4. The predicted molar refractivity (Wildman–Crippen MR) is 213 cm³/mol. The van der Waals surface area contributed by atoms with Gasteiger partial charge in [-0.3, -0.25) is 31.9 Å². The van der Waals surface area contributed by atoms with E-state index in [1.165, 1.54) is 0 Å². The first-order valence-corrected chi connectivity index (χ1v) is 21.4. The molecule has 10 heterocycles. The van der Waals surface area contributed by atoms with E-state index in [2.05, 4.69) is 174 Å². The van der Waals surface area contributed by atoms with Gasteiger partial charge in [-0.2, -0.15) is 0 Å². The van der Waals surface area contributed by atoms with Gasteiger partial charge < -0.3 is 29.4 Å². The summed E-state index contributed by atoms with van der Waals surface area (Å²) in [6.07, 6.45) is 23.7. The number of rotatable bonds is 6. The number of halogens is 1. The Hall–Kier alpha value is -1.41. The molecule has 49 heavy (non-hydrogen) atoms. The zero-order valence-corrected chi connectivity index (χ0v) is 36.8.